The summed E-state index contributed by atoms with van der Waals surface area (Å²) in [5, 5.41) is 3.19. The number of nitrogens with zero attached hydrogens (tertiary/aromatic N) is 2. The number of halogens is 1. The van der Waals surface area contributed by atoms with Crippen molar-refractivity contribution >= 4 is 35.9 Å². The monoisotopic (exact) mass is 454 g/mol. The molecule has 142 valence electrons. The molecule has 1 saturated heterocycles. The van der Waals surface area contributed by atoms with E-state index in [0.717, 1.165) is 51.7 Å². The summed E-state index contributed by atoms with van der Waals surface area (Å²) in [6.45, 7) is 6.17. The van der Waals surface area contributed by atoms with Crippen molar-refractivity contribution in [2.75, 3.05) is 33.3 Å². The normalized spacial score (nSPS) is 18.2. The predicted molar refractivity (Wildman–Crippen MR) is 110 cm³/mol. The Balaban J connectivity index is 0.00000529. The Morgan fingerprint density at radius 2 is 2.00 bits per heavy atom. The summed E-state index contributed by atoms with van der Waals surface area (Å²) >= 11 is 0. The Labute approximate surface area is 164 Å². The molecule has 1 aliphatic heterocycles. The van der Waals surface area contributed by atoms with Crippen LogP contribution in [0.15, 0.2) is 4.99 Å². The van der Waals surface area contributed by atoms with Gasteiger partial charge in [0.05, 0.1) is 13.7 Å². The molecule has 6 nitrogen and oxygen atoms in total. The Morgan fingerprint density at radius 1 is 1.29 bits per heavy atom. The van der Waals surface area contributed by atoms with Crippen LogP contribution in [0.25, 0.3) is 0 Å². The number of nitrogens with one attached hydrogen (secondary N) is 1. The van der Waals surface area contributed by atoms with Gasteiger partial charge < -0.3 is 15.8 Å². The minimum Gasteiger partial charge on any atom is -0.469 e. The number of esters is 1. The first-order chi connectivity index (χ1) is 11.2. The maximum absolute atomic E-state index is 11.0. The van der Waals surface area contributed by atoms with Gasteiger partial charge in [-0.3, -0.25) is 14.7 Å². The van der Waals surface area contributed by atoms with Gasteiger partial charge in [0.25, 0.3) is 0 Å². The van der Waals surface area contributed by atoms with Crippen LogP contribution in [0.4, 0.5) is 0 Å². The smallest absolute Gasteiger partial charge is 0.305 e. The zero-order valence-electron chi connectivity index (χ0n) is 15.3. The maximum Gasteiger partial charge on any atom is 0.305 e. The minimum absolute atomic E-state index is 0. The van der Waals surface area contributed by atoms with Crippen molar-refractivity contribution in [1.29, 1.82) is 0 Å². The van der Waals surface area contributed by atoms with Crippen LogP contribution >= 0.6 is 24.0 Å². The van der Waals surface area contributed by atoms with Gasteiger partial charge in [-0.25, -0.2) is 0 Å². The molecular weight excluding hydrogens is 419 g/mol. The summed E-state index contributed by atoms with van der Waals surface area (Å²) in [6, 6.07) is 0.565. The van der Waals surface area contributed by atoms with Crippen LogP contribution in [0.1, 0.15) is 58.3 Å². The first-order valence-electron chi connectivity index (χ1n) is 9.02. The minimum atomic E-state index is -0.112. The molecule has 0 amide bonds. The van der Waals surface area contributed by atoms with E-state index in [1.165, 1.54) is 26.5 Å². The Hall–Kier alpha value is -0.570. The number of carbonyl (C=O) groups is 1. The van der Waals surface area contributed by atoms with Crippen LogP contribution in [-0.2, 0) is 9.53 Å². The Kier molecular flexibility index (Phi) is 14.4. The third kappa shape index (κ3) is 10.3. The fraction of sp³-hybridized carbons (Fsp3) is 0.882. The van der Waals surface area contributed by atoms with E-state index >= 15 is 0 Å². The van der Waals surface area contributed by atoms with Crippen LogP contribution < -0.4 is 11.1 Å². The van der Waals surface area contributed by atoms with Crippen LogP contribution in [0.3, 0.4) is 0 Å². The van der Waals surface area contributed by atoms with Crippen LogP contribution in [0.5, 0.6) is 0 Å². The lowest BCUT2D eigenvalue weighted by Crippen LogP contribution is -2.36. The quantitative estimate of drug-likeness (QED) is 0.165. The Bertz CT molecular complexity index is 366. The zero-order valence-corrected chi connectivity index (χ0v) is 17.6. The molecule has 1 heterocycles. The lowest BCUT2D eigenvalue weighted by molar-refractivity contribution is -0.140. The molecule has 0 spiro atoms. The summed E-state index contributed by atoms with van der Waals surface area (Å²) < 4.78 is 4.62. The number of likely N-dealkylation sites (N-methyl/N-ethyl adjacent to an activating group) is 1. The number of likely N-dealkylation sites (tertiary alicyclic amines) is 1. The molecule has 0 saturated carbocycles. The molecule has 1 rings (SSSR count). The highest BCUT2D eigenvalue weighted by molar-refractivity contribution is 14.0. The van der Waals surface area contributed by atoms with Crippen molar-refractivity contribution in [3.63, 3.8) is 0 Å². The molecule has 0 aromatic rings. The van der Waals surface area contributed by atoms with Crippen molar-refractivity contribution in [2.24, 2.45) is 10.7 Å². The van der Waals surface area contributed by atoms with Gasteiger partial charge in [-0.1, -0.05) is 26.2 Å². The third-order valence-corrected chi connectivity index (χ3v) is 4.47. The first-order valence-corrected chi connectivity index (χ1v) is 9.02. The molecule has 1 aliphatic rings. The number of ether oxygens (including phenoxy) is 1. The fourth-order valence-corrected chi connectivity index (χ4v) is 3.02. The average molecular weight is 454 g/mol. The molecule has 0 radical (unpaired) electrons. The standard InChI is InChI=1S/C17H34N4O2.HI/c1-3-21-13-9-10-15(21)14-20-17(18)19-12-8-6-4-5-7-11-16(22)23-2;/h15H,3-14H2,1-2H3,(H3,18,19,20);1H. The average Bonchev–Trinajstić information content (AvgIpc) is 3.02. The fourth-order valence-electron chi connectivity index (χ4n) is 3.02. The number of hydrogen-bond donors (Lipinski definition) is 2. The van der Waals surface area contributed by atoms with Gasteiger partial charge >= 0.3 is 5.97 Å². The van der Waals surface area contributed by atoms with E-state index in [9.17, 15) is 4.79 Å². The van der Waals surface area contributed by atoms with Gasteiger partial charge in [-0.05, 0) is 38.8 Å². The van der Waals surface area contributed by atoms with E-state index in [2.05, 4.69) is 26.9 Å². The second-order valence-electron chi connectivity index (χ2n) is 6.17. The molecule has 7 heteroatoms. The summed E-state index contributed by atoms with van der Waals surface area (Å²) in [7, 11) is 1.44. The van der Waals surface area contributed by atoms with Crippen molar-refractivity contribution < 1.29 is 9.53 Å². The second-order valence-corrected chi connectivity index (χ2v) is 6.17. The highest BCUT2D eigenvalue weighted by atomic mass is 127. The van der Waals surface area contributed by atoms with Gasteiger partial charge in [-0.15, -0.1) is 24.0 Å². The van der Waals surface area contributed by atoms with E-state index < -0.39 is 0 Å². The molecule has 0 aromatic carbocycles. The Morgan fingerprint density at radius 3 is 2.71 bits per heavy atom. The van der Waals surface area contributed by atoms with Gasteiger partial charge in [0.1, 0.15) is 0 Å². The van der Waals surface area contributed by atoms with Crippen molar-refractivity contribution in [1.82, 2.24) is 10.2 Å². The number of hydrogen-bond acceptors (Lipinski definition) is 4. The van der Waals surface area contributed by atoms with E-state index in [0.29, 0.717) is 18.4 Å². The van der Waals surface area contributed by atoms with Gasteiger partial charge in [-0.2, -0.15) is 0 Å². The summed E-state index contributed by atoms with van der Waals surface area (Å²) in [6.07, 6.45) is 8.40. The molecule has 3 N–H and O–H groups in total. The maximum atomic E-state index is 11.0. The number of nitrogens with two attached hydrogens (primary N) is 1. The number of unbranched alkanes of at least 4 members (excludes halogenated alkanes) is 4. The molecule has 0 bridgehead atoms. The van der Waals surface area contributed by atoms with E-state index in [4.69, 9.17) is 5.73 Å². The number of aliphatic imine (C=N–C) groups is 1. The molecule has 1 unspecified atom stereocenters. The third-order valence-electron chi connectivity index (χ3n) is 4.47. The summed E-state index contributed by atoms with van der Waals surface area (Å²) in [4.78, 5) is 17.9. The topological polar surface area (TPSA) is 80.0 Å². The molecule has 1 fully saturated rings. The van der Waals surface area contributed by atoms with E-state index in [1.807, 2.05) is 0 Å². The molecule has 1 atom stereocenters. The number of guanidine groups is 1. The largest absolute Gasteiger partial charge is 0.469 e. The van der Waals surface area contributed by atoms with Crippen LogP contribution in [0, 0.1) is 0 Å². The van der Waals surface area contributed by atoms with Crippen molar-refractivity contribution in [3.05, 3.63) is 0 Å². The van der Waals surface area contributed by atoms with Gasteiger partial charge in [0.15, 0.2) is 5.96 Å². The van der Waals surface area contributed by atoms with Gasteiger partial charge in [0, 0.05) is 19.0 Å². The molecule has 24 heavy (non-hydrogen) atoms. The zero-order chi connectivity index (χ0) is 16.9. The predicted octanol–water partition coefficient (Wildman–Crippen LogP) is 2.51. The van der Waals surface area contributed by atoms with Crippen LogP contribution in [-0.4, -0.2) is 56.2 Å². The van der Waals surface area contributed by atoms with Crippen LogP contribution in [0.2, 0.25) is 0 Å². The second kappa shape index (κ2) is 14.7. The molecular formula is C17H35IN4O2. The molecule has 0 aromatic heterocycles. The lowest BCUT2D eigenvalue weighted by atomic mass is 10.1. The van der Waals surface area contributed by atoms with E-state index in [1.54, 1.807) is 0 Å². The lowest BCUT2D eigenvalue weighted by Gasteiger charge is -2.20. The molecule has 0 aliphatic carbocycles. The summed E-state index contributed by atoms with van der Waals surface area (Å²) in [5.74, 6) is 0.457. The first kappa shape index (κ1) is 23.4. The highest BCUT2D eigenvalue weighted by Gasteiger charge is 2.22. The van der Waals surface area contributed by atoms with Crippen molar-refractivity contribution in [3.8, 4) is 0 Å². The number of carbonyl (C=O) groups excluding carboxylic acids is 1. The van der Waals surface area contributed by atoms with Gasteiger partial charge in [0.2, 0.25) is 0 Å². The SMILES string of the molecule is CCN1CCCC1CN=C(N)NCCCCCCCC(=O)OC.I. The number of rotatable bonds is 11. The number of methoxy groups -OCH3 is 1. The summed E-state index contributed by atoms with van der Waals surface area (Å²) in [5.41, 5.74) is 5.92. The van der Waals surface area contributed by atoms with Crippen molar-refractivity contribution in [2.45, 2.75) is 64.3 Å². The van der Waals surface area contributed by atoms with E-state index in [-0.39, 0.29) is 29.9 Å². The highest BCUT2D eigenvalue weighted by Crippen LogP contribution is 2.16.